The van der Waals surface area contributed by atoms with Gasteiger partial charge in [-0.3, -0.25) is 14.7 Å². The molecule has 2 aliphatic rings. The van der Waals surface area contributed by atoms with E-state index in [0.29, 0.717) is 6.04 Å². The molecule has 2 saturated heterocycles. The predicted molar refractivity (Wildman–Crippen MR) is 78.4 cm³/mol. The van der Waals surface area contributed by atoms with Crippen molar-refractivity contribution in [1.82, 2.24) is 14.8 Å². The first kappa shape index (κ1) is 13.6. The van der Waals surface area contributed by atoms with Crippen LogP contribution in [0.3, 0.4) is 0 Å². The summed E-state index contributed by atoms with van der Waals surface area (Å²) in [5.41, 5.74) is 1.02. The van der Waals surface area contributed by atoms with Gasteiger partial charge in [0.25, 0.3) is 0 Å². The molecule has 0 aromatic carbocycles. The van der Waals surface area contributed by atoms with E-state index in [-0.39, 0.29) is 11.8 Å². The fourth-order valence-corrected chi connectivity index (χ4v) is 3.40. The van der Waals surface area contributed by atoms with Gasteiger partial charge in [-0.25, -0.2) is 0 Å². The Bertz CT molecular complexity index is 456. The first-order valence-corrected chi connectivity index (χ1v) is 7.68. The molecule has 0 saturated carbocycles. The molecule has 1 aromatic heterocycles. The number of rotatable bonds is 3. The number of hydrogen-bond acceptors (Lipinski definition) is 3. The van der Waals surface area contributed by atoms with Crippen LogP contribution in [0.15, 0.2) is 24.5 Å². The predicted octanol–water partition coefficient (Wildman–Crippen LogP) is 1.88. The smallest absolute Gasteiger partial charge is 0.229 e. The van der Waals surface area contributed by atoms with Crippen molar-refractivity contribution in [2.24, 2.45) is 0 Å². The maximum Gasteiger partial charge on any atom is 0.229 e. The second-order valence-corrected chi connectivity index (χ2v) is 5.98. The largest absolute Gasteiger partial charge is 0.341 e. The topological polar surface area (TPSA) is 36.4 Å². The minimum atomic E-state index is -0.0824. The fourth-order valence-electron chi connectivity index (χ4n) is 3.40. The summed E-state index contributed by atoms with van der Waals surface area (Å²) >= 11 is 0. The van der Waals surface area contributed by atoms with Gasteiger partial charge in [0.1, 0.15) is 0 Å². The molecule has 0 spiro atoms. The summed E-state index contributed by atoms with van der Waals surface area (Å²) in [7, 11) is 0. The van der Waals surface area contributed by atoms with Gasteiger partial charge in [-0.15, -0.1) is 0 Å². The van der Waals surface area contributed by atoms with E-state index in [4.69, 9.17) is 0 Å². The third-order valence-electron chi connectivity index (χ3n) is 4.69. The Morgan fingerprint density at radius 2 is 2.15 bits per heavy atom. The molecule has 1 amide bonds. The minimum absolute atomic E-state index is 0.0824. The van der Waals surface area contributed by atoms with E-state index in [1.807, 2.05) is 24.0 Å². The first-order valence-electron chi connectivity index (χ1n) is 7.68. The fraction of sp³-hybridized carbons (Fsp3) is 0.625. The van der Waals surface area contributed by atoms with Crippen LogP contribution in [0.25, 0.3) is 0 Å². The van der Waals surface area contributed by atoms with E-state index in [1.165, 1.54) is 25.9 Å². The molecule has 0 bridgehead atoms. The van der Waals surface area contributed by atoms with Crippen LogP contribution in [-0.4, -0.2) is 52.9 Å². The van der Waals surface area contributed by atoms with Crippen molar-refractivity contribution in [1.29, 1.82) is 0 Å². The lowest BCUT2D eigenvalue weighted by Crippen LogP contribution is -2.38. The first-order chi connectivity index (χ1) is 9.75. The van der Waals surface area contributed by atoms with Gasteiger partial charge in [0, 0.05) is 31.5 Å². The molecule has 2 aliphatic heterocycles. The lowest BCUT2D eigenvalue weighted by Gasteiger charge is -2.25. The summed E-state index contributed by atoms with van der Waals surface area (Å²) in [5, 5.41) is 0. The Hall–Kier alpha value is -1.42. The van der Waals surface area contributed by atoms with Crippen LogP contribution in [0, 0.1) is 0 Å². The van der Waals surface area contributed by atoms with Gasteiger partial charge in [-0.2, -0.15) is 0 Å². The Balaban J connectivity index is 1.61. The van der Waals surface area contributed by atoms with Crippen LogP contribution in [0.2, 0.25) is 0 Å². The average Bonchev–Trinajstić information content (AvgIpc) is 3.17. The molecular formula is C16H23N3O. The second-order valence-electron chi connectivity index (χ2n) is 5.98. The van der Waals surface area contributed by atoms with Crippen molar-refractivity contribution in [3.63, 3.8) is 0 Å². The maximum absolute atomic E-state index is 12.6. The number of carbonyl (C=O) groups is 1. The molecule has 108 valence electrons. The van der Waals surface area contributed by atoms with Gasteiger partial charge in [0.15, 0.2) is 0 Å². The summed E-state index contributed by atoms with van der Waals surface area (Å²) in [6, 6.07) is 4.47. The van der Waals surface area contributed by atoms with Crippen LogP contribution >= 0.6 is 0 Å². The third-order valence-corrected chi connectivity index (χ3v) is 4.69. The molecule has 2 unspecified atom stereocenters. The van der Waals surface area contributed by atoms with E-state index in [1.54, 1.807) is 12.4 Å². The number of aromatic nitrogens is 1. The number of amides is 1. The quantitative estimate of drug-likeness (QED) is 0.843. The van der Waals surface area contributed by atoms with Crippen molar-refractivity contribution in [3.05, 3.63) is 30.1 Å². The monoisotopic (exact) mass is 273 g/mol. The zero-order chi connectivity index (χ0) is 13.9. The van der Waals surface area contributed by atoms with Gasteiger partial charge in [0.05, 0.1) is 5.92 Å². The average molecular weight is 273 g/mol. The Kier molecular flexibility index (Phi) is 4.01. The number of pyridine rings is 1. The van der Waals surface area contributed by atoms with Gasteiger partial charge in [0.2, 0.25) is 5.91 Å². The van der Waals surface area contributed by atoms with Gasteiger partial charge in [-0.05, 0) is 50.9 Å². The molecule has 4 nitrogen and oxygen atoms in total. The van der Waals surface area contributed by atoms with Crippen molar-refractivity contribution < 1.29 is 4.79 Å². The van der Waals surface area contributed by atoms with Crippen LogP contribution < -0.4 is 0 Å². The van der Waals surface area contributed by atoms with E-state index >= 15 is 0 Å². The van der Waals surface area contributed by atoms with E-state index in [0.717, 1.165) is 25.1 Å². The SMILES string of the molecule is CC(C(=O)N1CCC(N2CCCC2)C1)c1cccnc1. The Labute approximate surface area is 120 Å². The maximum atomic E-state index is 12.6. The van der Waals surface area contributed by atoms with Gasteiger partial charge >= 0.3 is 0 Å². The highest BCUT2D eigenvalue weighted by molar-refractivity contribution is 5.83. The molecule has 0 aliphatic carbocycles. The van der Waals surface area contributed by atoms with Crippen molar-refractivity contribution in [2.45, 2.75) is 38.1 Å². The zero-order valence-electron chi connectivity index (χ0n) is 12.2. The van der Waals surface area contributed by atoms with Crippen molar-refractivity contribution >= 4 is 5.91 Å². The van der Waals surface area contributed by atoms with E-state index in [9.17, 15) is 4.79 Å². The molecule has 0 N–H and O–H groups in total. The van der Waals surface area contributed by atoms with Crippen LogP contribution in [0.1, 0.15) is 37.7 Å². The highest BCUT2D eigenvalue weighted by atomic mass is 16.2. The molecular weight excluding hydrogens is 250 g/mol. The lowest BCUT2D eigenvalue weighted by atomic mass is 10.0. The third kappa shape index (κ3) is 2.70. The number of carbonyl (C=O) groups excluding carboxylic acids is 1. The summed E-state index contributed by atoms with van der Waals surface area (Å²) in [6.45, 7) is 6.23. The van der Waals surface area contributed by atoms with E-state index in [2.05, 4.69) is 9.88 Å². The van der Waals surface area contributed by atoms with Crippen molar-refractivity contribution in [2.75, 3.05) is 26.2 Å². The summed E-state index contributed by atoms with van der Waals surface area (Å²) in [6.07, 6.45) is 7.31. The number of likely N-dealkylation sites (tertiary alicyclic amines) is 2. The number of hydrogen-bond donors (Lipinski definition) is 0. The van der Waals surface area contributed by atoms with Crippen LogP contribution in [0.5, 0.6) is 0 Å². The molecule has 4 heteroatoms. The highest BCUT2D eigenvalue weighted by Crippen LogP contribution is 2.24. The summed E-state index contributed by atoms with van der Waals surface area (Å²) in [4.78, 5) is 21.3. The van der Waals surface area contributed by atoms with Crippen LogP contribution in [0.4, 0.5) is 0 Å². The molecule has 3 heterocycles. The molecule has 1 aromatic rings. The normalized spacial score (nSPS) is 25.1. The molecule has 2 fully saturated rings. The zero-order valence-corrected chi connectivity index (χ0v) is 12.2. The molecule has 20 heavy (non-hydrogen) atoms. The molecule has 3 rings (SSSR count). The summed E-state index contributed by atoms with van der Waals surface area (Å²) < 4.78 is 0. The van der Waals surface area contributed by atoms with Crippen molar-refractivity contribution in [3.8, 4) is 0 Å². The highest BCUT2D eigenvalue weighted by Gasteiger charge is 2.33. The lowest BCUT2D eigenvalue weighted by molar-refractivity contribution is -0.131. The van der Waals surface area contributed by atoms with Crippen LogP contribution in [-0.2, 0) is 4.79 Å². The second kappa shape index (κ2) is 5.92. The summed E-state index contributed by atoms with van der Waals surface area (Å²) in [5.74, 6) is 0.167. The Morgan fingerprint density at radius 1 is 1.35 bits per heavy atom. The molecule has 2 atom stereocenters. The van der Waals surface area contributed by atoms with Gasteiger partial charge in [-0.1, -0.05) is 6.07 Å². The standard InChI is InChI=1S/C16H23N3O/c1-13(14-5-4-7-17-11-14)16(20)19-10-6-15(12-19)18-8-2-3-9-18/h4-5,7,11,13,15H,2-3,6,8-10,12H2,1H3. The van der Waals surface area contributed by atoms with Gasteiger partial charge < -0.3 is 4.90 Å². The number of nitrogens with zero attached hydrogens (tertiary/aromatic N) is 3. The minimum Gasteiger partial charge on any atom is -0.341 e. The Morgan fingerprint density at radius 3 is 2.85 bits per heavy atom. The molecule has 0 radical (unpaired) electrons. The van der Waals surface area contributed by atoms with E-state index < -0.39 is 0 Å².